The number of aromatic amines is 1. The molecule has 1 aromatic carbocycles. The minimum atomic E-state index is -0.435. The molecule has 18 heavy (non-hydrogen) atoms. The van der Waals surface area contributed by atoms with Crippen molar-refractivity contribution in [2.45, 2.75) is 13.3 Å². The minimum Gasteiger partial charge on any atom is -0.461 e. The van der Waals surface area contributed by atoms with E-state index in [1.807, 2.05) is 0 Å². The molecule has 0 bridgehead atoms. The fourth-order valence-electron chi connectivity index (χ4n) is 1.61. The Morgan fingerprint density at radius 3 is 3.06 bits per heavy atom. The first-order chi connectivity index (χ1) is 8.69. The Hall–Kier alpha value is -2.17. The van der Waals surface area contributed by atoms with Gasteiger partial charge in [-0.1, -0.05) is 12.1 Å². The summed E-state index contributed by atoms with van der Waals surface area (Å²) in [5, 5.41) is 0. The van der Waals surface area contributed by atoms with Crippen LogP contribution in [-0.2, 0) is 11.2 Å². The number of rotatable bonds is 4. The first kappa shape index (κ1) is 12.3. The predicted octanol–water partition coefficient (Wildman–Crippen LogP) is 2.32. The van der Waals surface area contributed by atoms with Crippen LogP contribution in [0.1, 0.15) is 28.8 Å². The zero-order valence-electron chi connectivity index (χ0n) is 9.94. The van der Waals surface area contributed by atoms with Crippen LogP contribution < -0.4 is 0 Å². The van der Waals surface area contributed by atoms with Gasteiger partial charge in [-0.2, -0.15) is 0 Å². The topological polar surface area (TPSA) is 55.0 Å². The molecule has 0 saturated carbocycles. The van der Waals surface area contributed by atoms with E-state index in [9.17, 15) is 9.18 Å². The van der Waals surface area contributed by atoms with E-state index in [-0.39, 0.29) is 5.82 Å². The molecular formula is C13H13FN2O2. The largest absolute Gasteiger partial charge is 0.461 e. The maximum Gasteiger partial charge on any atom is 0.356 e. The lowest BCUT2D eigenvalue weighted by atomic mass is 10.1. The molecule has 1 N–H and O–H groups in total. The van der Waals surface area contributed by atoms with Gasteiger partial charge in [-0.15, -0.1) is 0 Å². The lowest BCUT2D eigenvalue weighted by molar-refractivity contribution is 0.0520. The minimum absolute atomic E-state index is 0.287. The smallest absolute Gasteiger partial charge is 0.356 e. The second-order valence-corrected chi connectivity index (χ2v) is 3.77. The van der Waals surface area contributed by atoms with E-state index in [1.165, 1.54) is 18.3 Å². The summed E-state index contributed by atoms with van der Waals surface area (Å²) in [5.41, 5.74) is 1.10. The number of hydrogen-bond acceptors (Lipinski definition) is 3. The van der Waals surface area contributed by atoms with Gasteiger partial charge in [0.1, 0.15) is 17.3 Å². The lowest BCUT2D eigenvalue weighted by Crippen LogP contribution is -2.05. The molecule has 0 aliphatic carbocycles. The maximum atomic E-state index is 13.0. The average molecular weight is 248 g/mol. The number of nitrogens with zero attached hydrogens (tertiary/aromatic N) is 1. The number of hydrogen-bond donors (Lipinski definition) is 1. The van der Waals surface area contributed by atoms with Gasteiger partial charge in [-0.25, -0.2) is 14.2 Å². The number of imidazole rings is 1. The molecule has 0 spiro atoms. The van der Waals surface area contributed by atoms with Gasteiger partial charge < -0.3 is 9.72 Å². The number of benzene rings is 1. The Labute approximate surface area is 104 Å². The third-order valence-electron chi connectivity index (χ3n) is 2.38. The first-order valence-corrected chi connectivity index (χ1v) is 5.64. The third-order valence-corrected chi connectivity index (χ3v) is 2.38. The van der Waals surface area contributed by atoms with Crippen molar-refractivity contribution in [3.8, 4) is 0 Å². The van der Waals surface area contributed by atoms with Gasteiger partial charge in [0.05, 0.1) is 12.8 Å². The highest BCUT2D eigenvalue weighted by atomic mass is 19.1. The normalized spacial score (nSPS) is 10.3. The Kier molecular flexibility index (Phi) is 3.72. The van der Waals surface area contributed by atoms with E-state index in [1.54, 1.807) is 19.1 Å². The van der Waals surface area contributed by atoms with E-state index in [0.717, 1.165) is 5.56 Å². The molecule has 1 aromatic heterocycles. The monoisotopic (exact) mass is 248 g/mol. The molecule has 2 aromatic rings. The highest BCUT2D eigenvalue weighted by molar-refractivity contribution is 5.86. The van der Waals surface area contributed by atoms with E-state index < -0.39 is 5.97 Å². The molecule has 0 aliphatic rings. The summed E-state index contributed by atoms with van der Waals surface area (Å²) in [7, 11) is 0. The first-order valence-electron chi connectivity index (χ1n) is 5.64. The van der Waals surface area contributed by atoms with Crippen LogP contribution in [0.15, 0.2) is 30.5 Å². The number of ether oxygens (including phenoxy) is 1. The Balaban J connectivity index is 2.09. The number of aromatic nitrogens is 2. The van der Waals surface area contributed by atoms with Crippen molar-refractivity contribution in [3.63, 3.8) is 0 Å². The van der Waals surface area contributed by atoms with Gasteiger partial charge in [-0.05, 0) is 24.6 Å². The number of halogens is 1. The number of nitrogens with one attached hydrogen (secondary N) is 1. The highest BCUT2D eigenvalue weighted by Crippen LogP contribution is 2.09. The van der Waals surface area contributed by atoms with Gasteiger partial charge in [0.25, 0.3) is 0 Å². The Bertz CT molecular complexity index is 551. The van der Waals surface area contributed by atoms with Crippen molar-refractivity contribution >= 4 is 5.97 Å². The van der Waals surface area contributed by atoms with E-state index in [0.29, 0.717) is 24.5 Å². The summed E-state index contributed by atoms with van der Waals surface area (Å²) < 4.78 is 17.8. The molecule has 0 amide bonds. The number of carbonyl (C=O) groups excluding carboxylic acids is 1. The van der Waals surface area contributed by atoms with E-state index >= 15 is 0 Å². The fraction of sp³-hybridized carbons (Fsp3) is 0.231. The molecule has 2 rings (SSSR count). The summed E-state index contributed by atoms with van der Waals surface area (Å²) in [6, 6.07) is 6.26. The van der Waals surface area contributed by atoms with Gasteiger partial charge in [-0.3, -0.25) is 0 Å². The van der Waals surface area contributed by atoms with Gasteiger partial charge in [0.15, 0.2) is 0 Å². The second kappa shape index (κ2) is 5.44. The molecule has 5 heteroatoms. The predicted molar refractivity (Wildman–Crippen MR) is 63.8 cm³/mol. The van der Waals surface area contributed by atoms with Crippen LogP contribution in [0, 0.1) is 5.82 Å². The fourth-order valence-corrected chi connectivity index (χ4v) is 1.61. The summed E-state index contributed by atoms with van der Waals surface area (Å²) >= 11 is 0. The number of H-pyrrole nitrogens is 1. The van der Waals surface area contributed by atoms with Crippen LogP contribution in [0.4, 0.5) is 4.39 Å². The quantitative estimate of drug-likeness (QED) is 0.845. The molecule has 0 unspecified atom stereocenters. The maximum absolute atomic E-state index is 13.0. The van der Waals surface area contributed by atoms with Crippen molar-refractivity contribution in [3.05, 3.63) is 53.4 Å². The van der Waals surface area contributed by atoms with Crippen molar-refractivity contribution in [2.24, 2.45) is 0 Å². The van der Waals surface area contributed by atoms with Gasteiger partial charge in [0.2, 0.25) is 0 Å². The Morgan fingerprint density at radius 1 is 1.50 bits per heavy atom. The van der Waals surface area contributed by atoms with Crippen LogP contribution in [-0.4, -0.2) is 22.5 Å². The van der Waals surface area contributed by atoms with Crippen LogP contribution >= 0.6 is 0 Å². The van der Waals surface area contributed by atoms with Crippen molar-refractivity contribution < 1.29 is 13.9 Å². The van der Waals surface area contributed by atoms with Crippen molar-refractivity contribution in [1.82, 2.24) is 9.97 Å². The molecule has 0 aliphatic heterocycles. The van der Waals surface area contributed by atoms with Gasteiger partial charge in [0, 0.05) is 6.42 Å². The molecular weight excluding hydrogens is 235 g/mol. The molecule has 0 radical (unpaired) electrons. The highest BCUT2D eigenvalue weighted by Gasteiger charge is 2.10. The van der Waals surface area contributed by atoms with Crippen molar-refractivity contribution in [1.29, 1.82) is 0 Å². The second-order valence-electron chi connectivity index (χ2n) is 3.77. The van der Waals surface area contributed by atoms with Crippen molar-refractivity contribution in [2.75, 3.05) is 6.61 Å². The Morgan fingerprint density at radius 2 is 2.33 bits per heavy atom. The average Bonchev–Trinajstić information content (AvgIpc) is 2.78. The summed E-state index contributed by atoms with van der Waals surface area (Å²) in [6.07, 6.45) is 1.86. The standard InChI is InChI=1S/C13H13FN2O2/c1-2-18-13(17)11-8-15-12(16-11)7-9-4-3-5-10(14)6-9/h3-6,8H,2,7H2,1H3,(H,15,16). The van der Waals surface area contributed by atoms with Crippen LogP contribution in [0.5, 0.6) is 0 Å². The SMILES string of the molecule is CCOC(=O)c1cnc(Cc2cccc(F)c2)[nH]1. The number of esters is 1. The molecule has 94 valence electrons. The summed E-state index contributed by atoms with van der Waals surface area (Å²) in [6.45, 7) is 2.05. The van der Waals surface area contributed by atoms with E-state index in [2.05, 4.69) is 9.97 Å². The van der Waals surface area contributed by atoms with Crippen LogP contribution in [0.25, 0.3) is 0 Å². The zero-order valence-corrected chi connectivity index (χ0v) is 9.94. The lowest BCUT2D eigenvalue weighted by Gasteiger charge is -1.99. The molecule has 4 nitrogen and oxygen atoms in total. The van der Waals surface area contributed by atoms with Gasteiger partial charge >= 0.3 is 5.97 Å². The molecule has 0 atom stereocenters. The molecule has 0 saturated heterocycles. The third kappa shape index (κ3) is 2.94. The summed E-state index contributed by atoms with van der Waals surface area (Å²) in [4.78, 5) is 18.3. The zero-order chi connectivity index (χ0) is 13.0. The van der Waals surface area contributed by atoms with E-state index in [4.69, 9.17) is 4.74 Å². The summed E-state index contributed by atoms with van der Waals surface area (Å²) in [5.74, 6) is -0.121. The molecule has 1 heterocycles. The number of carbonyl (C=O) groups is 1. The molecule has 0 fully saturated rings. The van der Waals surface area contributed by atoms with Crippen LogP contribution in [0.3, 0.4) is 0 Å². The van der Waals surface area contributed by atoms with Crippen LogP contribution in [0.2, 0.25) is 0 Å².